The molecule has 3 aliphatic heterocycles. The first-order valence-corrected chi connectivity index (χ1v) is 16.9. The highest BCUT2D eigenvalue weighted by Crippen LogP contribution is 2.38. The number of hydrogen-bond donors (Lipinski definition) is 1. The Kier molecular flexibility index (Phi) is 8.45. The number of piperidine rings is 1. The lowest BCUT2D eigenvalue weighted by Crippen LogP contribution is -2.54. The van der Waals surface area contributed by atoms with Crippen molar-refractivity contribution < 1.29 is 33.4 Å². The molecule has 2 fully saturated rings. The van der Waals surface area contributed by atoms with Gasteiger partial charge in [0.25, 0.3) is 17.4 Å². The molecule has 0 saturated carbocycles. The maximum absolute atomic E-state index is 13.2. The zero-order valence-electron chi connectivity index (χ0n) is 29.1. The highest BCUT2D eigenvalue weighted by Gasteiger charge is 2.45. The highest BCUT2D eigenvalue weighted by atomic mass is 16.5. The number of methoxy groups -OCH3 is 2. The van der Waals surface area contributed by atoms with Gasteiger partial charge in [-0.3, -0.25) is 39.2 Å². The maximum Gasteiger partial charge on any atom is 0.262 e. The van der Waals surface area contributed by atoms with E-state index in [1.54, 1.807) is 68.9 Å². The minimum absolute atomic E-state index is 0.0645. The van der Waals surface area contributed by atoms with E-state index in [9.17, 15) is 24.0 Å². The zero-order chi connectivity index (χ0) is 37.0. The summed E-state index contributed by atoms with van der Waals surface area (Å²) in [7, 11) is 4.88. The molecule has 2 saturated heterocycles. The Morgan fingerprint density at radius 2 is 1.64 bits per heavy atom. The Labute approximate surface area is 301 Å². The van der Waals surface area contributed by atoms with E-state index in [4.69, 9.17) is 14.2 Å². The third kappa shape index (κ3) is 5.95. The molecule has 1 unspecified atom stereocenters. The summed E-state index contributed by atoms with van der Waals surface area (Å²) in [6, 6.07) is 9.67. The van der Waals surface area contributed by atoms with Crippen LogP contribution in [0.25, 0.3) is 21.9 Å². The summed E-state index contributed by atoms with van der Waals surface area (Å²) in [6.45, 7) is 1.68. The van der Waals surface area contributed by atoms with Gasteiger partial charge in [-0.25, -0.2) is 4.68 Å². The van der Waals surface area contributed by atoms with Crippen LogP contribution >= 0.6 is 0 Å². The van der Waals surface area contributed by atoms with Crippen molar-refractivity contribution in [3.05, 3.63) is 93.9 Å². The Morgan fingerprint density at radius 3 is 2.38 bits per heavy atom. The number of nitrogens with one attached hydrogen (secondary N) is 1. The van der Waals surface area contributed by atoms with Crippen molar-refractivity contribution in [1.82, 2.24) is 34.8 Å². The summed E-state index contributed by atoms with van der Waals surface area (Å²) in [4.78, 5) is 70.1. The molecule has 53 heavy (non-hydrogen) atoms. The van der Waals surface area contributed by atoms with Crippen LogP contribution in [0.2, 0.25) is 0 Å². The maximum atomic E-state index is 13.2. The normalized spacial score (nSPS) is 17.3. The summed E-state index contributed by atoms with van der Waals surface area (Å²) >= 11 is 0. The predicted octanol–water partition coefficient (Wildman–Crippen LogP) is 2.06. The van der Waals surface area contributed by atoms with Crippen LogP contribution < -0.4 is 25.2 Å². The zero-order valence-corrected chi connectivity index (χ0v) is 29.1. The molecule has 0 radical (unpaired) electrons. The second kappa shape index (κ2) is 13.3. The van der Waals surface area contributed by atoms with Crippen molar-refractivity contribution in [1.29, 1.82) is 0 Å². The average molecular weight is 719 g/mol. The van der Waals surface area contributed by atoms with E-state index < -0.39 is 29.7 Å². The summed E-state index contributed by atoms with van der Waals surface area (Å²) in [5, 5.41) is 12.1. The molecular formula is C37H34N8O8. The van der Waals surface area contributed by atoms with Gasteiger partial charge in [-0.15, -0.1) is 5.10 Å². The number of benzene rings is 2. The van der Waals surface area contributed by atoms with Crippen LogP contribution in [0.3, 0.4) is 0 Å². The van der Waals surface area contributed by atoms with E-state index in [-0.39, 0.29) is 42.2 Å². The fraction of sp³-hybridized carbons (Fsp3) is 0.297. The lowest BCUT2D eigenvalue weighted by molar-refractivity contribution is -0.136. The highest BCUT2D eigenvalue weighted by molar-refractivity contribution is 6.23. The van der Waals surface area contributed by atoms with Gasteiger partial charge >= 0.3 is 0 Å². The number of nitrogens with zero attached hydrogens (tertiary/aromatic N) is 7. The first kappa shape index (κ1) is 33.7. The minimum atomic E-state index is -1.01. The third-order valence-corrected chi connectivity index (χ3v) is 9.91. The Balaban J connectivity index is 0.906. The molecule has 1 atom stereocenters. The van der Waals surface area contributed by atoms with Gasteiger partial charge in [0.15, 0.2) is 0 Å². The lowest BCUT2D eigenvalue weighted by Gasteiger charge is -2.40. The Morgan fingerprint density at radius 1 is 0.887 bits per heavy atom. The fourth-order valence-corrected chi connectivity index (χ4v) is 7.09. The van der Waals surface area contributed by atoms with Gasteiger partial charge < -0.3 is 23.7 Å². The third-order valence-electron chi connectivity index (χ3n) is 9.91. The molecule has 0 spiro atoms. The molecular weight excluding hydrogens is 684 g/mol. The van der Waals surface area contributed by atoms with Crippen LogP contribution in [0, 0.1) is 0 Å². The van der Waals surface area contributed by atoms with Crippen molar-refractivity contribution in [3.63, 3.8) is 0 Å². The summed E-state index contributed by atoms with van der Waals surface area (Å²) in [6.07, 6.45) is 6.89. The number of carbonyl (C=O) groups excluding carboxylic acids is 4. The largest absolute Gasteiger partial charge is 0.496 e. The molecule has 270 valence electrons. The van der Waals surface area contributed by atoms with Crippen LogP contribution in [-0.2, 0) is 34.5 Å². The number of fused-ring (bicyclic) bond motifs is 2. The number of pyridine rings is 2. The van der Waals surface area contributed by atoms with Crippen LogP contribution in [0.5, 0.6) is 11.5 Å². The van der Waals surface area contributed by atoms with Crippen LogP contribution in [0.1, 0.15) is 44.8 Å². The van der Waals surface area contributed by atoms with Gasteiger partial charge in [-0.05, 0) is 53.8 Å². The summed E-state index contributed by atoms with van der Waals surface area (Å²) in [5.74, 6) is -0.969. The van der Waals surface area contributed by atoms with E-state index in [1.165, 1.54) is 4.57 Å². The Hall–Kier alpha value is -6.42. The Bertz CT molecular complexity index is 2370. The number of anilines is 1. The van der Waals surface area contributed by atoms with E-state index in [0.29, 0.717) is 42.2 Å². The molecule has 0 bridgehead atoms. The lowest BCUT2D eigenvalue weighted by atomic mass is 9.99. The molecule has 2 aromatic carbocycles. The monoisotopic (exact) mass is 718 g/mol. The van der Waals surface area contributed by atoms with Gasteiger partial charge in [0.2, 0.25) is 11.8 Å². The summed E-state index contributed by atoms with van der Waals surface area (Å²) in [5.41, 5.74) is 4.14. The number of amides is 4. The van der Waals surface area contributed by atoms with Crippen molar-refractivity contribution in [2.75, 3.05) is 32.2 Å². The van der Waals surface area contributed by atoms with E-state index in [0.717, 1.165) is 32.7 Å². The topological polar surface area (TPSA) is 180 Å². The number of aromatic nitrogens is 5. The minimum Gasteiger partial charge on any atom is -0.496 e. The SMILES string of the molecule is COc1cc(-c2cn(C)c(=O)c3cnccc23)cc(OC)c1Cn1cc(COC2CN(c3ccc4c(c3)C(=O)N(C3CCC(=O)NC3=O)C4=O)C2)nn1. The molecule has 16 heteroatoms. The molecule has 5 aromatic rings. The second-order valence-corrected chi connectivity index (χ2v) is 13.2. The van der Waals surface area contributed by atoms with Crippen LogP contribution in [0.15, 0.2) is 66.0 Å². The predicted molar refractivity (Wildman–Crippen MR) is 189 cm³/mol. The first-order chi connectivity index (χ1) is 25.6. The summed E-state index contributed by atoms with van der Waals surface area (Å²) < 4.78 is 20.9. The molecule has 0 aliphatic carbocycles. The van der Waals surface area contributed by atoms with E-state index in [2.05, 4.69) is 20.6 Å². The van der Waals surface area contributed by atoms with Gasteiger partial charge in [0, 0.05) is 56.4 Å². The number of imide groups is 2. The quantitative estimate of drug-likeness (QED) is 0.208. The molecule has 8 rings (SSSR count). The smallest absolute Gasteiger partial charge is 0.262 e. The van der Waals surface area contributed by atoms with Gasteiger partial charge in [-0.2, -0.15) is 0 Å². The molecule has 16 nitrogen and oxygen atoms in total. The number of rotatable bonds is 10. The molecule has 6 heterocycles. The van der Waals surface area contributed by atoms with Crippen molar-refractivity contribution >= 4 is 40.1 Å². The second-order valence-electron chi connectivity index (χ2n) is 13.2. The van der Waals surface area contributed by atoms with Crippen LogP contribution in [-0.4, -0.2) is 92.5 Å². The van der Waals surface area contributed by atoms with Crippen molar-refractivity contribution in [2.45, 2.75) is 38.1 Å². The van der Waals surface area contributed by atoms with E-state index >= 15 is 0 Å². The molecule has 3 aromatic heterocycles. The van der Waals surface area contributed by atoms with Gasteiger partial charge in [-0.1, -0.05) is 5.21 Å². The van der Waals surface area contributed by atoms with Crippen LogP contribution in [0.4, 0.5) is 5.69 Å². The fourth-order valence-electron chi connectivity index (χ4n) is 7.09. The number of carbonyl (C=O) groups is 4. The van der Waals surface area contributed by atoms with Crippen molar-refractivity contribution in [3.8, 4) is 22.6 Å². The van der Waals surface area contributed by atoms with Gasteiger partial charge in [0.1, 0.15) is 23.2 Å². The average Bonchev–Trinajstić information content (AvgIpc) is 3.69. The number of ether oxygens (including phenoxy) is 3. The molecule has 3 aliphatic rings. The van der Waals surface area contributed by atoms with E-state index in [1.807, 2.05) is 23.1 Å². The number of hydrogen-bond acceptors (Lipinski definition) is 12. The molecule has 1 N–H and O–H groups in total. The molecule has 4 amide bonds. The number of aryl methyl sites for hydroxylation is 1. The van der Waals surface area contributed by atoms with Crippen molar-refractivity contribution in [2.24, 2.45) is 7.05 Å². The van der Waals surface area contributed by atoms with Gasteiger partial charge in [0.05, 0.1) is 61.7 Å². The first-order valence-electron chi connectivity index (χ1n) is 16.9. The standard InChI is InChI=1S/C37H34N8O8/c1-42-17-28(24-8-9-38-13-27(24)35(42)48)20-10-31(51-2)29(32(11-20)52-3)18-44-14-21(40-41-44)19-53-23-15-43(16-23)22-4-5-25-26(12-22)37(50)45(36(25)49)30-6-7-33(46)39-34(30)47/h4-5,8-14,17,23,30H,6-7,15-16,18-19H2,1-3H3,(H,39,46,47).